The van der Waals surface area contributed by atoms with Crippen molar-refractivity contribution in [2.75, 3.05) is 19.8 Å². The second kappa shape index (κ2) is 10.9. The monoisotopic (exact) mass is 510 g/mol. The smallest absolute Gasteiger partial charge is 0.416 e. The zero-order chi connectivity index (χ0) is 26.7. The lowest BCUT2D eigenvalue weighted by Gasteiger charge is -2.21. The third kappa shape index (κ3) is 6.77. The second-order valence-corrected chi connectivity index (χ2v) is 9.84. The molecule has 1 aromatic heterocycles. The van der Waals surface area contributed by atoms with Crippen LogP contribution in [0.2, 0.25) is 0 Å². The summed E-state index contributed by atoms with van der Waals surface area (Å²) in [7, 11) is 1.86. The first-order chi connectivity index (χ1) is 16.8. The highest BCUT2D eigenvalue weighted by molar-refractivity contribution is 5.97. The van der Waals surface area contributed by atoms with Gasteiger partial charge in [-0.2, -0.15) is 18.2 Å². The molecule has 11 heteroatoms. The van der Waals surface area contributed by atoms with Gasteiger partial charge in [0.2, 0.25) is 5.91 Å². The normalized spacial score (nSPS) is 16.9. The Kier molecular flexibility index (Phi) is 8.33. The van der Waals surface area contributed by atoms with Crippen molar-refractivity contribution in [2.45, 2.75) is 64.8 Å². The number of amides is 2. The van der Waals surface area contributed by atoms with E-state index in [1.807, 2.05) is 37.2 Å². The lowest BCUT2D eigenvalue weighted by atomic mass is 9.92. The zero-order valence-electron chi connectivity index (χ0n) is 21.2. The van der Waals surface area contributed by atoms with E-state index in [0.29, 0.717) is 18.6 Å². The molecule has 3 rings (SSSR count). The maximum atomic E-state index is 13.4. The summed E-state index contributed by atoms with van der Waals surface area (Å²) in [6.45, 7) is 8.65. The minimum Gasteiger partial charge on any atom is -0.491 e. The fraction of sp³-hybridized carbons (Fsp3) is 0.560. The molecule has 0 bridgehead atoms. The standard InChI is InChI=1S/C25H33F3N4O4/c1-16(33)29-10-12-36-20-9-8-17(25(26,27)28)13-19(20)23(34)30-22-14-21(24(2,3)4)31(5)32(22)15-18-7-6-11-35-18/h8-9,13-14,18H,6-7,10-12,15H2,1-5H3,(H,29,33)/t18-/m1/s1. The molecule has 2 amide bonds. The van der Waals surface area contributed by atoms with Gasteiger partial charge >= 0.3 is 6.18 Å². The van der Waals surface area contributed by atoms with Crippen LogP contribution < -0.4 is 15.5 Å². The number of alkyl halides is 3. The van der Waals surface area contributed by atoms with Crippen LogP contribution in [0.25, 0.3) is 0 Å². The lowest BCUT2D eigenvalue weighted by Crippen LogP contribution is -2.30. The highest BCUT2D eigenvalue weighted by Gasteiger charge is 2.32. The van der Waals surface area contributed by atoms with Gasteiger partial charge in [-0.25, -0.2) is 0 Å². The molecule has 1 aliphatic heterocycles. The van der Waals surface area contributed by atoms with Crippen LogP contribution in [0.1, 0.15) is 62.2 Å². The van der Waals surface area contributed by atoms with Gasteiger partial charge in [0.15, 0.2) is 5.49 Å². The predicted molar refractivity (Wildman–Crippen MR) is 127 cm³/mol. The van der Waals surface area contributed by atoms with Crippen molar-refractivity contribution in [3.63, 3.8) is 0 Å². The van der Waals surface area contributed by atoms with Gasteiger partial charge < -0.3 is 14.8 Å². The van der Waals surface area contributed by atoms with Crippen molar-refractivity contribution in [3.8, 4) is 5.75 Å². The first-order valence-corrected chi connectivity index (χ1v) is 11.8. The molecule has 8 nitrogen and oxygen atoms in total. The molecule has 1 aromatic carbocycles. The largest absolute Gasteiger partial charge is 0.491 e. The van der Waals surface area contributed by atoms with E-state index >= 15 is 0 Å². The minimum absolute atomic E-state index is 0.0241. The molecule has 2 aromatic rings. The Balaban J connectivity index is 2.04. The topological polar surface area (TPSA) is 86.9 Å². The Hall–Kier alpha value is -3.08. The molecule has 0 aliphatic carbocycles. The fourth-order valence-corrected chi connectivity index (χ4v) is 4.11. The molecular formula is C25H33F3N4O4. The molecule has 0 spiro atoms. The molecule has 198 valence electrons. The van der Waals surface area contributed by atoms with Crippen LogP contribution in [0.5, 0.6) is 5.75 Å². The SMILES string of the molecule is CC(=O)NCCOc1ccc(C(F)(F)F)cc1C(=O)N=c1cc(C(C)(C)C)n(C)n1C[C@H]1CCCO1. The van der Waals surface area contributed by atoms with Crippen LogP contribution >= 0.6 is 0 Å². The Morgan fingerprint density at radius 3 is 2.53 bits per heavy atom. The van der Waals surface area contributed by atoms with E-state index in [0.717, 1.165) is 36.7 Å². The van der Waals surface area contributed by atoms with E-state index in [2.05, 4.69) is 10.3 Å². The van der Waals surface area contributed by atoms with E-state index < -0.39 is 17.6 Å². The average Bonchev–Trinajstić information content (AvgIpc) is 3.39. The van der Waals surface area contributed by atoms with Gasteiger partial charge in [-0.1, -0.05) is 20.8 Å². The number of halogens is 3. The van der Waals surface area contributed by atoms with Gasteiger partial charge in [0.1, 0.15) is 12.4 Å². The quantitative estimate of drug-likeness (QED) is 0.577. The highest BCUT2D eigenvalue weighted by Crippen LogP contribution is 2.33. The lowest BCUT2D eigenvalue weighted by molar-refractivity contribution is -0.137. The summed E-state index contributed by atoms with van der Waals surface area (Å²) in [6.07, 6.45) is -2.87. The van der Waals surface area contributed by atoms with Crippen LogP contribution in [-0.2, 0) is 34.7 Å². The maximum absolute atomic E-state index is 13.4. The van der Waals surface area contributed by atoms with Crippen LogP contribution in [0.4, 0.5) is 13.2 Å². The summed E-state index contributed by atoms with van der Waals surface area (Å²) in [6, 6.07) is 4.48. The maximum Gasteiger partial charge on any atom is 0.416 e. The van der Waals surface area contributed by atoms with Crippen LogP contribution in [0.3, 0.4) is 0 Å². The molecule has 1 N–H and O–H groups in total. The van der Waals surface area contributed by atoms with Crippen molar-refractivity contribution >= 4 is 11.8 Å². The molecule has 0 unspecified atom stereocenters. The van der Waals surface area contributed by atoms with Gasteiger partial charge in [-0.05, 0) is 31.0 Å². The van der Waals surface area contributed by atoms with E-state index in [1.54, 1.807) is 6.07 Å². The average molecular weight is 511 g/mol. The van der Waals surface area contributed by atoms with E-state index in [1.165, 1.54) is 6.92 Å². The Morgan fingerprint density at radius 1 is 1.22 bits per heavy atom. The Bertz CT molecular complexity index is 1170. The number of carbonyl (C=O) groups excluding carboxylic acids is 2. The Labute approximate surface area is 208 Å². The van der Waals surface area contributed by atoms with Crippen molar-refractivity contribution in [1.82, 2.24) is 14.7 Å². The molecule has 36 heavy (non-hydrogen) atoms. The third-order valence-electron chi connectivity index (χ3n) is 5.90. The van der Waals surface area contributed by atoms with E-state index in [9.17, 15) is 22.8 Å². The molecule has 1 saturated heterocycles. The fourth-order valence-electron chi connectivity index (χ4n) is 4.11. The number of carbonyl (C=O) groups is 2. The second-order valence-electron chi connectivity index (χ2n) is 9.84. The number of aromatic nitrogens is 2. The highest BCUT2D eigenvalue weighted by atomic mass is 19.4. The van der Waals surface area contributed by atoms with Gasteiger partial charge in [0, 0.05) is 37.8 Å². The molecule has 1 atom stereocenters. The number of hydrogen-bond donors (Lipinski definition) is 1. The van der Waals surface area contributed by atoms with Gasteiger partial charge in [0.25, 0.3) is 5.91 Å². The van der Waals surface area contributed by atoms with Gasteiger partial charge in [-0.3, -0.25) is 19.0 Å². The number of nitrogens with one attached hydrogen (secondary N) is 1. The minimum atomic E-state index is -4.64. The first kappa shape index (κ1) is 27.5. The number of nitrogens with zero attached hydrogens (tertiary/aromatic N) is 3. The van der Waals surface area contributed by atoms with E-state index in [4.69, 9.17) is 9.47 Å². The third-order valence-corrected chi connectivity index (χ3v) is 5.90. The van der Waals surface area contributed by atoms with Crippen molar-refractivity contribution < 1.29 is 32.2 Å². The molecule has 1 fully saturated rings. The first-order valence-electron chi connectivity index (χ1n) is 11.8. The van der Waals surface area contributed by atoms with Crippen LogP contribution in [-0.4, -0.2) is 47.0 Å². The molecule has 0 saturated carbocycles. The summed E-state index contributed by atoms with van der Waals surface area (Å²) in [5, 5.41) is 2.53. The zero-order valence-corrected chi connectivity index (χ0v) is 21.2. The molecular weight excluding hydrogens is 477 g/mol. The number of ether oxygens (including phenoxy) is 2. The van der Waals surface area contributed by atoms with Crippen molar-refractivity contribution in [2.24, 2.45) is 12.0 Å². The van der Waals surface area contributed by atoms with Crippen molar-refractivity contribution in [1.29, 1.82) is 0 Å². The molecule has 2 heterocycles. The van der Waals surface area contributed by atoms with Crippen LogP contribution in [0.15, 0.2) is 29.3 Å². The van der Waals surface area contributed by atoms with E-state index in [-0.39, 0.29) is 41.9 Å². The summed E-state index contributed by atoms with van der Waals surface area (Å²) >= 11 is 0. The molecule has 0 radical (unpaired) electrons. The summed E-state index contributed by atoms with van der Waals surface area (Å²) in [5.74, 6) is -1.17. The number of benzene rings is 1. The van der Waals surface area contributed by atoms with Crippen molar-refractivity contribution in [3.05, 3.63) is 46.6 Å². The van der Waals surface area contributed by atoms with Gasteiger partial charge in [0.05, 0.1) is 30.3 Å². The van der Waals surface area contributed by atoms with Crippen LogP contribution in [0, 0.1) is 0 Å². The van der Waals surface area contributed by atoms with Gasteiger partial charge in [-0.15, -0.1) is 0 Å². The number of hydrogen-bond acceptors (Lipinski definition) is 4. The summed E-state index contributed by atoms with van der Waals surface area (Å²) in [4.78, 5) is 28.6. The number of rotatable bonds is 7. The Morgan fingerprint density at radius 2 is 1.94 bits per heavy atom. The predicted octanol–water partition coefficient (Wildman–Crippen LogP) is 3.58. The summed E-state index contributed by atoms with van der Waals surface area (Å²) < 4.78 is 55.3. The summed E-state index contributed by atoms with van der Waals surface area (Å²) in [5.41, 5.74) is -0.325. The molecule has 1 aliphatic rings.